The van der Waals surface area contributed by atoms with Crippen LogP contribution in [0.3, 0.4) is 0 Å². The quantitative estimate of drug-likeness (QED) is 0.890. The number of amides is 1. The first-order valence-electron chi connectivity index (χ1n) is 7.88. The molecule has 2 saturated heterocycles. The molecule has 2 atom stereocenters. The zero-order valence-corrected chi connectivity index (χ0v) is 11.8. The Morgan fingerprint density at radius 2 is 2.00 bits per heavy atom. The van der Waals surface area contributed by atoms with Crippen molar-refractivity contribution in [2.24, 2.45) is 5.92 Å². The van der Waals surface area contributed by atoms with Gasteiger partial charge >= 0.3 is 0 Å². The molecule has 106 valence electrons. The van der Waals surface area contributed by atoms with Crippen molar-refractivity contribution in [3.8, 4) is 0 Å². The second kappa shape index (κ2) is 4.59. The third-order valence-electron chi connectivity index (χ3n) is 5.37. The van der Waals surface area contributed by atoms with Gasteiger partial charge in [0, 0.05) is 19.1 Å². The average Bonchev–Trinajstić information content (AvgIpc) is 3.20. The number of nitrogens with zero attached hydrogens (tertiary/aromatic N) is 1. The Hall–Kier alpha value is -1.35. The van der Waals surface area contributed by atoms with Crippen LogP contribution in [0.15, 0.2) is 30.3 Å². The van der Waals surface area contributed by atoms with Gasteiger partial charge in [0.2, 0.25) is 5.91 Å². The first-order chi connectivity index (χ1) is 9.79. The predicted octanol–water partition coefficient (Wildman–Crippen LogP) is 1.93. The minimum absolute atomic E-state index is 0.186. The predicted molar refractivity (Wildman–Crippen MR) is 78.4 cm³/mol. The maximum absolute atomic E-state index is 13.0. The Labute approximate surface area is 120 Å². The highest BCUT2D eigenvalue weighted by Gasteiger charge is 2.54. The van der Waals surface area contributed by atoms with E-state index in [-0.39, 0.29) is 5.41 Å². The number of piperidine rings is 1. The summed E-state index contributed by atoms with van der Waals surface area (Å²) in [4.78, 5) is 15.1. The molecule has 2 aliphatic heterocycles. The molecule has 1 N–H and O–H groups in total. The Morgan fingerprint density at radius 3 is 2.70 bits per heavy atom. The lowest BCUT2D eigenvalue weighted by Gasteiger charge is -2.24. The number of benzene rings is 1. The smallest absolute Gasteiger partial charge is 0.233 e. The molecule has 0 aromatic heterocycles. The molecule has 3 nitrogen and oxygen atoms in total. The maximum atomic E-state index is 13.0. The van der Waals surface area contributed by atoms with E-state index in [9.17, 15) is 4.79 Å². The highest BCUT2D eigenvalue weighted by atomic mass is 16.2. The second-order valence-corrected chi connectivity index (χ2v) is 6.62. The highest BCUT2D eigenvalue weighted by molar-refractivity contribution is 5.91. The lowest BCUT2D eigenvalue weighted by molar-refractivity contribution is -0.133. The number of carbonyl (C=O) groups is 1. The van der Waals surface area contributed by atoms with Crippen LogP contribution in [0.1, 0.15) is 31.2 Å². The first kappa shape index (κ1) is 12.4. The van der Waals surface area contributed by atoms with Gasteiger partial charge in [0.25, 0.3) is 0 Å². The summed E-state index contributed by atoms with van der Waals surface area (Å²) in [6.07, 6.45) is 4.58. The molecule has 3 fully saturated rings. The molecule has 4 rings (SSSR count). The van der Waals surface area contributed by atoms with Gasteiger partial charge in [0.1, 0.15) is 0 Å². The molecule has 1 aromatic rings. The zero-order chi connectivity index (χ0) is 13.6. The monoisotopic (exact) mass is 270 g/mol. The largest absolute Gasteiger partial charge is 0.340 e. The van der Waals surface area contributed by atoms with Crippen molar-refractivity contribution in [3.05, 3.63) is 35.9 Å². The van der Waals surface area contributed by atoms with Gasteiger partial charge in [-0.3, -0.25) is 4.79 Å². The third kappa shape index (κ3) is 1.87. The molecule has 1 aliphatic carbocycles. The number of rotatable bonds is 2. The highest BCUT2D eigenvalue weighted by Crippen LogP contribution is 2.50. The zero-order valence-electron chi connectivity index (χ0n) is 11.8. The van der Waals surface area contributed by atoms with Crippen LogP contribution in [0.5, 0.6) is 0 Å². The Bertz CT molecular complexity index is 495. The summed E-state index contributed by atoms with van der Waals surface area (Å²) in [5.74, 6) is 1.05. The van der Waals surface area contributed by atoms with E-state index >= 15 is 0 Å². The van der Waals surface area contributed by atoms with Crippen molar-refractivity contribution in [2.75, 3.05) is 19.6 Å². The number of hydrogen-bond acceptors (Lipinski definition) is 2. The maximum Gasteiger partial charge on any atom is 0.233 e. The molecule has 1 amide bonds. The average molecular weight is 270 g/mol. The minimum atomic E-state index is -0.186. The van der Waals surface area contributed by atoms with Crippen molar-refractivity contribution in [3.63, 3.8) is 0 Å². The molecular weight excluding hydrogens is 248 g/mol. The van der Waals surface area contributed by atoms with E-state index in [1.54, 1.807) is 0 Å². The number of fused-ring (bicyclic) bond motifs is 1. The van der Waals surface area contributed by atoms with Crippen LogP contribution in [0, 0.1) is 5.92 Å². The fourth-order valence-electron chi connectivity index (χ4n) is 4.02. The van der Waals surface area contributed by atoms with E-state index in [0.717, 1.165) is 32.5 Å². The molecular formula is C17H22N2O. The summed E-state index contributed by atoms with van der Waals surface area (Å²) >= 11 is 0. The minimum Gasteiger partial charge on any atom is -0.340 e. The Morgan fingerprint density at radius 1 is 1.20 bits per heavy atom. The van der Waals surface area contributed by atoms with Crippen molar-refractivity contribution in [1.82, 2.24) is 10.2 Å². The van der Waals surface area contributed by atoms with Crippen molar-refractivity contribution < 1.29 is 4.79 Å². The molecule has 0 unspecified atom stereocenters. The topological polar surface area (TPSA) is 32.3 Å². The van der Waals surface area contributed by atoms with Crippen LogP contribution in [-0.4, -0.2) is 36.5 Å². The van der Waals surface area contributed by atoms with Crippen LogP contribution in [0.2, 0.25) is 0 Å². The number of carbonyl (C=O) groups excluding carboxylic acids is 1. The van der Waals surface area contributed by atoms with Crippen molar-refractivity contribution in [2.45, 2.75) is 37.1 Å². The van der Waals surface area contributed by atoms with E-state index in [2.05, 4.69) is 22.3 Å². The third-order valence-corrected chi connectivity index (χ3v) is 5.37. The lowest BCUT2D eigenvalue weighted by atomic mass is 9.94. The molecule has 2 heterocycles. The molecule has 3 heteroatoms. The van der Waals surface area contributed by atoms with E-state index in [4.69, 9.17) is 0 Å². The fraction of sp³-hybridized carbons (Fsp3) is 0.588. The van der Waals surface area contributed by atoms with E-state index in [1.807, 2.05) is 18.2 Å². The first-order valence-corrected chi connectivity index (χ1v) is 7.88. The standard InChI is InChI=1S/C17H22N2O/c20-16(17(8-9-17)14-6-2-1-3-7-14)19-11-13-5-4-10-18-15(13)12-19/h1-3,6-7,13,15,18H,4-5,8-12H2/t13-,15+/m0/s1. The number of nitrogens with one attached hydrogen (secondary N) is 1. The van der Waals surface area contributed by atoms with Gasteiger partial charge in [-0.15, -0.1) is 0 Å². The summed E-state index contributed by atoms with van der Waals surface area (Å²) in [6.45, 7) is 3.00. The molecule has 3 aliphatic rings. The number of hydrogen-bond donors (Lipinski definition) is 1. The van der Waals surface area contributed by atoms with Crippen LogP contribution >= 0.6 is 0 Å². The van der Waals surface area contributed by atoms with E-state index in [1.165, 1.54) is 18.4 Å². The normalized spacial score (nSPS) is 30.9. The lowest BCUT2D eigenvalue weighted by Crippen LogP contribution is -2.42. The summed E-state index contributed by atoms with van der Waals surface area (Å²) < 4.78 is 0. The Kier molecular flexibility index (Phi) is 2.84. The molecule has 0 bridgehead atoms. The molecule has 0 radical (unpaired) electrons. The Balaban J connectivity index is 1.53. The number of likely N-dealkylation sites (tertiary alicyclic amines) is 1. The molecule has 20 heavy (non-hydrogen) atoms. The second-order valence-electron chi connectivity index (χ2n) is 6.62. The molecule has 1 aromatic carbocycles. The van der Waals surface area contributed by atoms with Gasteiger partial charge in [-0.2, -0.15) is 0 Å². The van der Waals surface area contributed by atoms with Gasteiger partial charge < -0.3 is 10.2 Å². The summed E-state index contributed by atoms with van der Waals surface area (Å²) in [7, 11) is 0. The fourth-order valence-corrected chi connectivity index (χ4v) is 4.02. The molecule has 0 spiro atoms. The van der Waals surface area contributed by atoms with Gasteiger partial charge in [-0.1, -0.05) is 30.3 Å². The van der Waals surface area contributed by atoms with Crippen LogP contribution < -0.4 is 5.32 Å². The van der Waals surface area contributed by atoms with E-state index in [0.29, 0.717) is 17.9 Å². The SMILES string of the molecule is O=C(N1C[C@@H]2CCCN[C@@H]2C1)C1(c2ccccc2)CC1. The van der Waals surface area contributed by atoms with Crippen molar-refractivity contribution >= 4 is 5.91 Å². The van der Waals surface area contributed by atoms with Crippen molar-refractivity contribution in [1.29, 1.82) is 0 Å². The van der Waals surface area contributed by atoms with Gasteiger partial charge in [-0.05, 0) is 43.7 Å². The van der Waals surface area contributed by atoms with Gasteiger partial charge in [0.05, 0.1) is 5.41 Å². The summed E-state index contributed by atoms with van der Waals surface area (Å²) in [5.41, 5.74) is 1.03. The van der Waals surface area contributed by atoms with Crippen LogP contribution in [0.25, 0.3) is 0 Å². The van der Waals surface area contributed by atoms with Gasteiger partial charge in [-0.25, -0.2) is 0 Å². The van der Waals surface area contributed by atoms with E-state index < -0.39 is 0 Å². The summed E-state index contributed by atoms with van der Waals surface area (Å²) in [6, 6.07) is 10.9. The van der Waals surface area contributed by atoms with Gasteiger partial charge in [0.15, 0.2) is 0 Å². The van der Waals surface area contributed by atoms with Crippen LogP contribution in [0.4, 0.5) is 0 Å². The van der Waals surface area contributed by atoms with Crippen LogP contribution in [-0.2, 0) is 10.2 Å². The summed E-state index contributed by atoms with van der Waals surface area (Å²) in [5, 5.41) is 3.58. The molecule has 1 saturated carbocycles.